The molecule has 0 heterocycles. The van der Waals surface area contributed by atoms with Crippen molar-refractivity contribution in [3.8, 4) is 11.5 Å². The van der Waals surface area contributed by atoms with E-state index in [1.54, 1.807) is 44.4 Å². The van der Waals surface area contributed by atoms with E-state index in [0.29, 0.717) is 23.5 Å². The van der Waals surface area contributed by atoms with Crippen LogP contribution in [0.15, 0.2) is 18.2 Å². The second kappa shape index (κ2) is 7.75. The molecule has 20 heavy (non-hydrogen) atoms. The first-order valence-corrected chi connectivity index (χ1v) is 6.67. The molecule has 5 heteroatoms. The molecule has 1 aromatic carbocycles. The van der Waals surface area contributed by atoms with Crippen molar-refractivity contribution in [1.82, 2.24) is 4.90 Å². The highest BCUT2D eigenvalue weighted by atomic mass is 16.5. The minimum Gasteiger partial charge on any atom is -0.493 e. The highest BCUT2D eigenvalue weighted by Gasteiger charge is 2.16. The Hall–Kier alpha value is -1.75. The molecule has 0 radical (unpaired) electrons. The maximum absolute atomic E-state index is 11.7. The van der Waals surface area contributed by atoms with Gasteiger partial charge in [0.2, 0.25) is 5.91 Å². The number of carbonyl (C=O) groups excluding carboxylic acids is 1. The Bertz CT molecular complexity index is 447. The van der Waals surface area contributed by atoms with E-state index in [9.17, 15) is 9.90 Å². The summed E-state index contributed by atoms with van der Waals surface area (Å²) < 4.78 is 10.4. The first kappa shape index (κ1) is 16.3. The van der Waals surface area contributed by atoms with Gasteiger partial charge in [-0.15, -0.1) is 0 Å². The highest BCUT2D eigenvalue weighted by molar-refractivity contribution is 5.75. The topological polar surface area (TPSA) is 59.0 Å². The first-order valence-electron chi connectivity index (χ1n) is 6.67. The summed E-state index contributed by atoms with van der Waals surface area (Å²) >= 11 is 0. The SMILES string of the molecule is CCCC(=O)N(C)CC(O)c1ccc(OC)c(OC)c1. The number of aliphatic hydroxyl groups excluding tert-OH is 1. The van der Waals surface area contributed by atoms with Gasteiger partial charge < -0.3 is 19.5 Å². The third-order valence-corrected chi connectivity index (χ3v) is 3.13. The molecule has 0 fully saturated rings. The predicted octanol–water partition coefficient (Wildman–Crippen LogP) is 2.00. The summed E-state index contributed by atoms with van der Waals surface area (Å²) in [5.74, 6) is 1.21. The lowest BCUT2D eigenvalue weighted by Crippen LogP contribution is -2.30. The number of rotatable bonds is 7. The Labute approximate surface area is 120 Å². The molecular weight excluding hydrogens is 258 g/mol. The summed E-state index contributed by atoms with van der Waals surface area (Å²) in [6.07, 6.45) is 0.547. The summed E-state index contributed by atoms with van der Waals surface area (Å²) in [7, 11) is 4.80. The van der Waals surface area contributed by atoms with Crippen LogP contribution in [0.2, 0.25) is 0 Å². The maximum atomic E-state index is 11.7. The number of carbonyl (C=O) groups is 1. The Morgan fingerprint density at radius 1 is 1.30 bits per heavy atom. The molecule has 1 amide bonds. The van der Waals surface area contributed by atoms with Crippen LogP contribution in [0.4, 0.5) is 0 Å². The van der Waals surface area contributed by atoms with E-state index >= 15 is 0 Å². The number of hydrogen-bond acceptors (Lipinski definition) is 4. The molecule has 0 saturated carbocycles. The molecule has 1 aromatic rings. The van der Waals surface area contributed by atoms with E-state index in [4.69, 9.17) is 9.47 Å². The van der Waals surface area contributed by atoms with E-state index in [2.05, 4.69) is 0 Å². The van der Waals surface area contributed by atoms with E-state index in [1.807, 2.05) is 6.92 Å². The van der Waals surface area contributed by atoms with E-state index < -0.39 is 6.10 Å². The van der Waals surface area contributed by atoms with Crippen molar-refractivity contribution in [3.63, 3.8) is 0 Å². The van der Waals surface area contributed by atoms with Crippen molar-refractivity contribution >= 4 is 5.91 Å². The zero-order valence-electron chi connectivity index (χ0n) is 12.5. The van der Waals surface area contributed by atoms with Crippen LogP contribution >= 0.6 is 0 Å². The van der Waals surface area contributed by atoms with Crippen LogP contribution in [0.1, 0.15) is 31.4 Å². The monoisotopic (exact) mass is 281 g/mol. The quantitative estimate of drug-likeness (QED) is 0.830. The molecule has 0 aliphatic rings. The third kappa shape index (κ3) is 4.13. The van der Waals surface area contributed by atoms with E-state index in [1.165, 1.54) is 0 Å². The van der Waals surface area contributed by atoms with Gasteiger partial charge in [-0.1, -0.05) is 13.0 Å². The lowest BCUT2D eigenvalue weighted by Gasteiger charge is -2.21. The van der Waals surface area contributed by atoms with Gasteiger partial charge >= 0.3 is 0 Å². The Balaban J connectivity index is 2.77. The van der Waals surface area contributed by atoms with Crippen LogP contribution in [0, 0.1) is 0 Å². The van der Waals surface area contributed by atoms with Crippen LogP contribution in [0.5, 0.6) is 11.5 Å². The molecule has 5 nitrogen and oxygen atoms in total. The van der Waals surface area contributed by atoms with Gasteiger partial charge in [0.15, 0.2) is 11.5 Å². The summed E-state index contributed by atoms with van der Waals surface area (Å²) in [5.41, 5.74) is 0.693. The van der Waals surface area contributed by atoms with Gasteiger partial charge in [-0.05, 0) is 24.1 Å². The molecular formula is C15H23NO4. The Morgan fingerprint density at radius 3 is 2.50 bits per heavy atom. The molecule has 0 spiro atoms. The van der Waals surface area contributed by atoms with Gasteiger partial charge in [-0.3, -0.25) is 4.79 Å². The molecule has 0 aliphatic carbocycles. The summed E-state index contributed by atoms with van der Waals surface area (Å²) in [5, 5.41) is 10.2. The van der Waals surface area contributed by atoms with Crippen LogP contribution in [0.3, 0.4) is 0 Å². The fourth-order valence-electron chi connectivity index (χ4n) is 1.93. The lowest BCUT2D eigenvalue weighted by molar-refractivity contribution is -0.131. The van der Waals surface area contributed by atoms with Crippen molar-refractivity contribution in [1.29, 1.82) is 0 Å². The molecule has 1 N–H and O–H groups in total. The van der Waals surface area contributed by atoms with Gasteiger partial charge in [0.25, 0.3) is 0 Å². The molecule has 0 bridgehead atoms. The minimum absolute atomic E-state index is 0.0343. The number of aliphatic hydroxyl groups is 1. The lowest BCUT2D eigenvalue weighted by atomic mass is 10.1. The average molecular weight is 281 g/mol. The van der Waals surface area contributed by atoms with Gasteiger partial charge in [0.1, 0.15) is 0 Å². The third-order valence-electron chi connectivity index (χ3n) is 3.13. The van der Waals surface area contributed by atoms with Crippen molar-refractivity contribution < 1.29 is 19.4 Å². The number of methoxy groups -OCH3 is 2. The van der Waals surface area contributed by atoms with Gasteiger partial charge in [-0.25, -0.2) is 0 Å². The van der Waals surface area contributed by atoms with Crippen molar-refractivity contribution in [3.05, 3.63) is 23.8 Å². The zero-order valence-corrected chi connectivity index (χ0v) is 12.5. The number of ether oxygens (including phenoxy) is 2. The molecule has 1 rings (SSSR count). The molecule has 0 saturated heterocycles. The van der Waals surface area contributed by atoms with E-state index in [-0.39, 0.29) is 12.5 Å². The van der Waals surface area contributed by atoms with E-state index in [0.717, 1.165) is 6.42 Å². The number of likely N-dealkylation sites (N-methyl/N-ethyl adjacent to an activating group) is 1. The highest BCUT2D eigenvalue weighted by Crippen LogP contribution is 2.30. The summed E-state index contributed by atoms with van der Waals surface area (Å²) in [6, 6.07) is 5.23. The molecule has 0 aliphatic heterocycles. The molecule has 1 unspecified atom stereocenters. The first-order chi connectivity index (χ1) is 9.53. The van der Waals surface area contributed by atoms with Gasteiger partial charge in [-0.2, -0.15) is 0 Å². The van der Waals surface area contributed by atoms with Crippen LogP contribution in [-0.2, 0) is 4.79 Å². The Kier molecular flexibility index (Phi) is 6.31. The smallest absolute Gasteiger partial charge is 0.222 e. The van der Waals surface area contributed by atoms with Crippen molar-refractivity contribution in [2.75, 3.05) is 27.8 Å². The second-order valence-corrected chi connectivity index (χ2v) is 4.65. The van der Waals surface area contributed by atoms with Crippen molar-refractivity contribution in [2.45, 2.75) is 25.9 Å². The van der Waals surface area contributed by atoms with Crippen LogP contribution in [-0.4, -0.2) is 43.7 Å². The fraction of sp³-hybridized carbons (Fsp3) is 0.533. The summed E-state index contributed by atoms with van der Waals surface area (Å²) in [4.78, 5) is 13.3. The average Bonchev–Trinajstić information content (AvgIpc) is 2.46. The fourth-order valence-corrected chi connectivity index (χ4v) is 1.93. The maximum Gasteiger partial charge on any atom is 0.222 e. The van der Waals surface area contributed by atoms with Gasteiger partial charge in [0.05, 0.1) is 26.9 Å². The van der Waals surface area contributed by atoms with Crippen LogP contribution in [0.25, 0.3) is 0 Å². The Morgan fingerprint density at radius 2 is 1.95 bits per heavy atom. The number of nitrogens with zero attached hydrogens (tertiary/aromatic N) is 1. The number of amides is 1. The molecule has 0 aromatic heterocycles. The largest absolute Gasteiger partial charge is 0.493 e. The molecule has 1 atom stereocenters. The van der Waals surface area contributed by atoms with Gasteiger partial charge in [0, 0.05) is 13.5 Å². The number of hydrogen-bond donors (Lipinski definition) is 1. The molecule has 112 valence electrons. The standard InChI is InChI=1S/C15H23NO4/c1-5-6-15(18)16(2)10-12(17)11-7-8-13(19-3)14(9-11)20-4/h7-9,12,17H,5-6,10H2,1-4H3. The predicted molar refractivity (Wildman–Crippen MR) is 77.1 cm³/mol. The number of benzene rings is 1. The second-order valence-electron chi connectivity index (χ2n) is 4.65. The minimum atomic E-state index is -0.749. The van der Waals surface area contributed by atoms with Crippen molar-refractivity contribution in [2.24, 2.45) is 0 Å². The van der Waals surface area contributed by atoms with Crippen LogP contribution < -0.4 is 9.47 Å². The normalized spacial score (nSPS) is 11.8. The summed E-state index contributed by atoms with van der Waals surface area (Å²) in [6.45, 7) is 2.21. The zero-order chi connectivity index (χ0) is 15.1.